The Morgan fingerprint density at radius 1 is 1.06 bits per heavy atom. The van der Waals surface area contributed by atoms with Crippen molar-refractivity contribution in [2.45, 2.75) is 18.0 Å². The van der Waals surface area contributed by atoms with Crippen LogP contribution in [0.2, 0.25) is 0 Å². The SMILES string of the molecule is O=S(=O)(c1ccc(NC(=S)NCc2cccnc2)cc1)N1CCN(Cc2ccsc2)CC1. The van der Waals surface area contributed by atoms with Crippen molar-refractivity contribution in [1.82, 2.24) is 19.5 Å². The second-order valence-electron chi connectivity index (χ2n) is 7.51. The number of thiophene rings is 1. The van der Waals surface area contributed by atoms with Gasteiger partial charge in [-0.25, -0.2) is 8.42 Å². The Labute approximate surface area is 198 Å². The highest BCUT2D eigenvalue weighted by Crippen LogP contribution is 2.21. The van der Waals surface area contributed by atoms with E-state index < -0.39 is 10.0 Å². The minimum atomic E-state index is -3.51. The normalized spacial score (nSPS) is 15.4. The van der Waals surface area contributed by atoms with Gasteiger partial charge in [0.15, 0.2) is 5.11 Å². The van der Waals surface area contributed by atoms with Gasteiger partial charge in [0.1, 0.15) is 0 Å². The van der Waals surface area contributed by atoms with Gasteiger partial charge in [0.05, 0.1) is 4.90 Å². The molecule has 1 fully saturated rings. The number of hydrogen-bond acceptors (Lipinski definition) is 6. The van der Waals surface area contributed by atoms with Gasteiger partial charge in [0, 0.05) is 57.3 Å². The maximum Gasteiger partial charge on any atom is 0.243 e. The van der Waals surface area contributed by atoms with Gasteiger partial charge in [-0.2, -0.15) is 15.6 Å². The standard InChI is InChI=1S/C22H25N5O2S3/c28-32(29,27-11-9-26(10-12-27)16-19-7-13-31-17-19)21-5-3-20(4-6-21)25-22(30)24-15-18-2-1-8-23-14-18/h1-8,13-14,17H,9-12,15-16H2,(H2,24,25,30). The number of nitrogens with zero attached hydrogens (tertiary/aromatic N) is 3. The van der Waals surface area contributed by atoms with E-state index in [-0.39, 0.29) is 0 Å². The predicted molar refractivity (Wildman–Crippen MR) is 132 cm³/mol. The molecule has 4 rings (SSSR count). The van der Waals surface area contributed by atoms with Crippen LogP contribution >= 0.6 is 23.6 Å². The van der Waals surface area contributed by atoms with E-state index in [9.17, 15) is 8.42 Å². The van der Waals surface area contributed by atoms with Crippen LogP contribution in [-0.2, 0) is 23.1 Å². The topological polar surface area (TPSA) is 77.6 Å². The number of hydrogen-bond donors (Lipinski definition) is 2. The van der Waals surface area contributed by atoms with E-state index in [4.69, 9.17) is 12.2 Å². The zero-order valence-electron chi connectivity index (χ0n) is 17.5. The maximum absolute atomic E-state index is 13.0. The molecule has 0 aliphatic carbocycles. The lowest BCUT2D eigenvalue weighted by molar-refractivity contribution is 0.182. The van der Waals surface area contributed by atoms with Gasteiger partial charge < -0.3 is 10.6 Å². The molecule has 10 heteroatoms. The van der Waals surface area contributed by atoms with E-state index in [1.54, 1.807) is 52.3 Å². The van der Waals surface area contributed by atoms with Crippen LogP contribution in [0, 0.1) is 0 Å². The average molecular weight is 488 g/mol. The van der Waals surface area contributed by atoms with Crippen LogP contribution in [0.4, 0.5) is 5.69 Å². The van der Waals surface area contributed by atoms with Crippen molar-refractivity contribution in [3.63, 3.8) is 0 Å². The Hall–Kier alpha value is -2.37. The molecule has 0 spiro atoms. The summed E-state index contributed by atoms with van der Waals surface area (Å²) in [6, 6.07) is 12.7. The number of pyridine rings is 1. The Kier molecular flexibility index (Phi) is 7.48. The highest BCUT2D eigenvalue weighted by Gasteiger charge is 2.28. The van der Waals surface area contributed by atoms with E-state index in [0.29, 0.717) is 29.6 Å². The molecule has 32 heavy (non-hydrogen) atoms. The van der Waals surface area contributed by atoms with Crippen molar-refractivity contribution < 1.29 is 8.42 Å². The first-order valence-electron chi connectivity index (χ1n) is 10.3. The molecule has 3 heterocycles. The van der Waals surface area contributed by atoms with Gasteiger partial charge >= 0.3 is 0 Å². The molecule has 1 aliphatic heterocycles. The lowest BCUT2D eigenvalue weighted by Crippen LogP contribution is -2.48. The summed E-state index contributed by atoms with van der Waals surface area (Å²) >= 11 is 7.01. The number of nitrogens with one attached hydrogen (secondary N) is 2. The molecular formula is C22H25N5O2S3. The van der Waals surface area contributed by atoms with Crippen molar-refractivity contribution in [2.75, 3.05) is 31.5 Å². The van der Waals surface area contributed by atoms with Crippen molar-refractivity contribution in [2.24, 2.45) is 0 Å². The largest absolute Gasteiger partial charge is 0.358 e. The smallest absolute Gasteiger partial charge is 0.243 e. The Bertz CT molecular complexity index is 1110. The summed E-state index contributed by atoms with van der Waals surface area (Å²) in [6.45, 7) is 3.87. The van der Waals surface area contributed by atoms with E-state index in [0.717, 1.165) is 30.9 Å². The number of thiocarbonyl (C=S) groups is 1. The minimum absolute atomic E-state index is 0.295. The molecule has 0 bridgehead atoms. The molecule has 168 valence electrons. The summed E-state index contributed by atoms with van der Waals surface area (Å²) in [4.78, 5) is 6.66. The first-order valence-corrected chi connectivity index (χ1v) is 13.1. The molecular weight excluding hydrogens is 462 g/mol. The summed E-state index contributed by atoms with van der Waals surface area (Å²) in [6.07, 6.45) is 3.50. The molecule has 2 aromatic heterocycles. The Morgan fingerprint density at radius 3 is 2.50 bits per heavy atom. The monoisotopic (exact) mass is 487 g/mol. The molecule has 0 atom stereocenters. The first-order chi connectivity index (χ1) is 15.5. The second kappa shape index (κ2) is 10.5. The van der Waals surface area contributed by atoms with Gasteiger partial charge in [-0.15, -0.1) is 0 Å². The third-order valence-electron chi connectivity index (χ3n) is 5.24. The van der Waals surface area contributed by atoms with Crippen molar-refractivity contribution in [1.29, 1.82) is 0 Å². The van der Waals surface area contributed by atoms with Crippen LogP contribution in [0.15, 0.2) is 70.5 Å². The number of anilines is 1. The first kappa shape index (κ1) is 22.8. The van der Waals surface area contributed by atoms with Crippen LogP contribution < -0.4 is 10.6 Å². The molecule has 0 unspecified atom stereocenters. The van der Waals surface area contributed by atoms with Gasteiger partial charge in [0.2, 0.25) is 10.0 Å². The van der Waals surface area contributed by atoms with Crippen LogP contribution in [0.3, 0.4) is 0 Å². The second-order valence-corrected chi connectivity index (χ2v) is 10.6. The number of aromatic nitrogens is 1. The zero-order valence-corrected chi connectivity index (χ0v) is 19.9. The van der Waals surface area contributed by atoms with Crippen LogP contribution in [0.1, 0.15) is 11.1 Å². The van der Waals surface area contributed by atoms with Crippen LogP contribution in [-0.4, -0.2) is 53.9 Å². The Morgan fingerprint density at radius 2 is 1.84 bits per heavy atom. The van der Waals surface area contributed by atoms with Crippen molar-refractivity contribution in [3.8, 4) is 0 Å². The summed E-state index contributed by atoms with van der Waals surface area (Å²) in [5, 5.41) is 10.9. The summed E-state index contributed by atoms with van der Waals surface area (Å²) in [7, 11) is -3.51. The quantitative estimate of drug-likeness (QED) is 0.496. The van der Waals surface area contributed by atoms with Crippen molar-refractivity contribution >= 4 is 44.4 Å². The zero-order chi connectivity index (χ0) is 22.4. The predicted octanol–water partition coefficient (Wildman–Crippen LogP) is 3.14. The number of benzene rings is 1. The Balaban J connectivity index is 1.29. The fourth-order valence-electron chi connectivity index (χ4n) is 3.49. The third kappa shape index (κ3) is 5.90. The lowest BCUT2D eigenvalue weighted by atomic mass is 10.3. The van der Waals surface area contributed by atoms with Gasteiger partial charge in [-0.05, 0) is 70.5 Å². The fraction of sp³-hybridized carbons (Fsp3) is 0.273. The summed E-state index contributed by atoms with van der Waals surface area (Å²) in [5.74, 6) is 0. The number of rotatable bonds is 7. The van der Waals surface area contributed by atoms with Gasteiger partial charge in [-0.1, -0.05) is 6.07 Å². The van der Waals surface area contributed by atoms with E-state index >= 15 is 0 Å². The van der Waals surface area contributed by atoms with Crippen molar-refractivity contribution in [3.05, 3.63) is 76.7 Å². The van der Waals surface area contributed by atoms with Gasteiger partial charge in [-0.3, -0.25) is 9.88 Å². The number of sulfonamides is 1. The molecule has 3 aromatic rings. The van der Waals surface area contributed by atoms with E-state index in [2.05, 4.69) is 37.3 Å². The van der Waals surface area contributed by atoms with E-state index in [1.165, 1.54) is 5.56 Å². The lowest BCUT2D eigenvalue weighted by Gasteiger charge is -2.33. The molecule has 2 N–H and O–H groups in total. The molecule has 1 aromatic carbocycles. The molecule has 0 saturated carbocycles. The summed E-state index contributed by atoms with van der Waals surface area (Å²) in [5.41, 5.74) is 3.03. The molecule has 0 amide bonds. The highest BCUT2D eigenvalue weighted by molar-refractivity contribution is 7.89. The van der Waals surface area contributed by atoms with Gasteiger partial charge in [0.25, 0.3) is 0 Å². The average Bonchev–Trinajstić information content (AvgIpc) is 3.32. The molecule has 7 nitrogen and oxygen atoms in total. The molecule has 0 radical (unpaired) electrons. The number of piperazine rings is 1. The third-order valence-corrected chi connectivity index (χ3v) is 8.13. The van der Waals surface area contributed by atoms with E-state index in [1.807, 2.05) is 12.1 Å². The molecule has 1 aliphatic rings. The van der Waals surface area contributed by atoms with Crippen LogP contribution in [0.25, 0.3) is 0 Å². The van der Waals surface area contributed by atoms with Crippen LogP contribution in [0.5, 0.6) is 0 Å². The summed E-state index contributed by atoms with van der Waals surface area (Å²) < 4.78 is 27.7. The maximum atomic E-state index is 13.0. The highest BCUT2D eigenvalue weighted by atomic mass is 32.2. The minimum Gasteiger partial charge on any atom is -0.358 e. The molecule has 1 saturated heterocycles. The fourth-order valence-corrected chi connectivity index (χ4v) is 5.76.